The van der Waals surface area contributed by atoms with Crippen molar-refractivity contribution >= 4 is 64.2 Å². The molecular weight excluding hydrogens is 675 g/mol. The average molecular weight is 709 g/mol. The van der Waals surface area contributed by atoms with Crippen molar-refractivity contribution in [2.75, 3.05) is 0 Å². The van der Waals surface area contributed by atoms with Crippen molar-refractivity contribution in [3.05, 3.63) is 193 Å². The SMILES string of the molecule is C1=Cc2cc3ccc(cc4nc(cc5ccc(cc1n2)[nH]5)C=C4)[nH]3.[Cl-].c1cc[c]([Mn+]([c]2ccccc2)([c]2ccccc2)[c]2ccccc2)cc1. The average Bonchev–Trinajstić information content (AvgIpc) is 3.98. The molecule has 0 fully saturated rings. The Hall–Kier alpha value is -5.71. The second-order valence-corrected chi connectivity index (χ2v) is 16.2. The molecule has 0 unspecified atom stereocenters. The standard InChI is InChI=1S/C20H14N4.4C6H5.ClH.Mn/c1-2-14-10-16-5-6-18(23-16)12-20-8-7-19(24-20)11-17-4-3-15(22-17)9-13(1)21-14;4*1-2-4-6-5-3-1;;/h1-12,21,24H;4*1-5H;1H;/q;;;;;;+1/p-1. The van der Waals surface area contributed by atoms with Crippen LogP contribution < -0.4 is 30.3 Å². The monoisotopic (exact) mass is 708 g/mol. The zero-order chi connectivity index (χ0) is 32.9. The minimum absolute atomic E-state index is 0. The fraction of sp³-hybridized carbons (Fsp3) is 0. The molecule has 6 heteroatoms. The van der Waals surface area contributed by atoms with E-state index in [0.717, 1.165) is 44.8 Å². The van der Waals surface area contributed by atoms with Gasteiger partial charge in [0.25, 0.3) is 0 Å². The molecule has 4 nitrogen and oxygen atoms in total. The van der Waals surface area contributed by atoms with Crippen LogP contribution in [0.25, 0.3) is 46.4 Å². The first-order valence-electron chi connectivity index (χ1n) is 16.2. The van der Waals surface area contributed by atoms with Gasteiger partial charge in [0, 0.05) is 22.1 Å². The van der Waals surface area contributed by atoms with Gasteiger partial charge in [-0.1, -0.05) is 0 Å². The third kappa shape index (κ3) is 6.89. The summed E-state index contributed by atoms with van der Waals surface area (Å²) < 4.78 is 5.67. The minimum atomic E-state index is -2.32. The maximum atomic E-state index is 4.63. The predicted octanol–water partition coefficient (Wildman–Crippen LogP) is 5.10. The van der Waals surface area contributed by atoms with Crippen LogP contribution in [0.2, 0.25) is 0 Å². The first-order valence-corrected chi connectivity index (χ1v) is 18.6. The van der Waals surface area contributed by atoms with Gasteiger partial charge in [-0.15, -0.1) is 0 Å². The second kappa shape index (κ2) is 14.8. The normalized spacial score (nSPS) is 12.0. The summed E-state index contributed by atoms with van der Waals surface area (Å²) in [7, 11) is 0. The molecule has 0 aliphatic carbocycles. The van der Waals surface area contributed by atoms with Crippen molar-refractivity contribution in [2.24, 2.45) is 0 Å². The van der Waals surface area contributed by atoms with Gasteiger partial charge in [0.2, 0.25) is 0 Å². The number of hydrogen-bond acceptors (Lipinski definition) is 2. The quantitative estimate of drug-likeness (QED) is 0.250. The number of aromatic nitrogens is 4. The summed E-state index contributed by atoms with van der Waals surface area (Å²) in [6, 6.07) is 60.4. The van der Waals surface area contributed by atoms with Gasteiger partial charge >= 0.3 is 152 Å². The first-order chi connectivity index (χ1) is 24.2. The molecule has 9 rings (SSSR count). The van der Waals surface area contributed by atoms with E-state index in [2.05, 4.69) is 166 Å². The van der Waals surface area contributed by atoms with Crippen molar-refractivity contribution in [1.29, 1.82) is 0 Å². The van der Waals surface area contributed by atoms with Gasteiger partial charge in [-0.05, 0) is 72.8 Å². The molecule has 3 aromatic heterocycles. The molecule has 50 heavy (non-hydrogen) atoms. The van der Waals surface area contributed by atoms with Crippen molar-refractivity contribution in [1.82, 2.24) is 19.9 Å². The summed E-state index contributed by atoms with van der Waals surface area (Å²) in [4.78, 5) is 16.0. The molecule has 2 N–H and O–H groups in total. The van der Waals surface area contributed by atoms with E-state index in [1.54, 1.807) is 0 Å². The zero-order valence-electron chi connectivity index (χ0n) is 27.1. The molecule has 0 saturated heterocycles. The first kappa shape index (κ1) is 32.8. The molecule has 0 radical (unpaired) electrons. The van der Waals surface area contributed by atoms with Crippen LogP contribution in [0.1, 0.15) is 22.8 Å². The number of H-pyrrole nitrogens is 2. The number of hydrogen-bond donors (Lipinski definition) is 2. The van der Waals surface area contributed by atoms with E-state index in [1.165, 1.54) is 17.8 Å². The Morgan fingerprint density at radius 2 is 0.560 bits per heavy atom. The van der Waals surface area contributed by atoms with Crippen LogP contribution in [0, 0.1) is 0 Å². The molecule has 5 heterocycles. The van der Waals surface area contributed by atoms with Crippen LogP contribution in [-0.2, 0) is 12.8 Å². The number of benzene rings is 4. The zero-order valence-corrected chi connectivity index (χ0v) is 29.1. The molecule has 0 saturated carbocycles. The van der Waals surface area contributed by atoms with Crippen LogP contribution in [-0.4, -0.2) is 19.9 Å². The summed E-state index contributed by atoms with van der Waals surface area (Å²) in [5, 5.41) is 0. The molecule has 8 bridgehead atoms. The van der Waals surface area contributed by atoms with Gasteiger partial charge in [0.1, 0.15) is 0 Å². The number of aromatic amines is 2. The van der Waals surface area contributed by atoms with Crippen LogP contribution >= 0.6 is 0 Å². The Labute approximate surface area is 300 Å². The third-order valence-electron chi connectivity index (χ3n) is 8.28. The molecule has 2 aliphatic heterocycles. The summed E-state index contributed by atoms with van der Waals surface area (Å²) in [6.45, 7) is 0. The second-order valence-electron chi connectivity index (χ2n) is 11.7. The molecule has 0 atom stereocenters. The Morgan fingerprint density at radius 1 is 0.320 bits per heavy atom. The van der Waals surface area contributed by atoms with Crippen LogP contribution in [0.4, 0.5) is 0 Å². The van der Waals surface area contributed by atoms with Crippen molar-refractivity contribution in [3.63, 3.8) is 0 Å². The topological polar surface area (TPSA) is 57.4 Å². The van der Waals surface area contributed by atoms with E-state index in [0.29, 0.717) is 0 Å². The van der Waals surface area contributed by atoms with E-state index in [1.807, 2.05) is 48.6 Å². The van der Waals surface area contributed by atoms with E-state index < -0.39 is 12.8 Å². The maximum absolute atomic E-state index is 4.63. The summed E-state index contributed by atoms with van der Waals surface area (Å²) in [5.74, 6) is 0. The summed E-state index contributed by atoms with van der Waals surface area (Å²) >= 11 is -2.32. The van der Waals surface area contributed by atoms with Gasteiger partial charge < -0.3 is 22.4 Å². The van der Waals surface area contributed by atoms with Crippen molar-refractivity contribution < 1.29 is 25.3 Å². The van der Waals surface area contributed by atoms with Crippen LogP contribution in [0.5, 0.6) is 0 Å². The fourth-order valence-corrected chi connectivity index (χ4v) is 11.7. The van der Waals surface area contributed by atoms with Gasteiger partial charge in [0.05, 0.1) is 22.8 Å². The van der Waals surface area contributed by atoms with Gasteiger partial charge in [-0.25, -0.2) is 9.97 Å². The van der Waals surface area contributed by atoms with Crippen LogP contribution in [0.15, 0.2) is 170 Å². The molecule has 244 valence electrons. The number of nitrogens with one attached hydrogen (secondary N) is 2. The number of rotatable bonds is 4. The van der Waals surface area contributed by atoms with Crippen molar-refractivity contribution in [2.45, 2.75) is 0 Å². The predicted molar refractivity (Wildman–Crippen MR) is 203 cm³/mol. The molecule has 0 amide bonds. The molecular formula is C44H34ClMnN4. The molecule has 2 aliphatic rings. The van der Waals surface area contributed by atoms with Crippen LogP contribution in [0.3, 0.4) is 0 Å². The van der Waals surface area contributed by atoms with E-state index in [4.69, 9.17) is 0 Å². The van der Waals surface area contributed by atoms with E-state index >= 15 is 0 Å². The van der Waals surface area contributed by atoms with Gasteiger partial charge in [-0.3, -0.25) is 0 Å². The fourth-order valence-electron chi connectivity index (χ4n) is 6.11. The number of halogens is 1. The summed E-state index contributed by atoms with van der Waals surface area (Å²) in [6.07, 6.45) is 8.09. The Morgan fingerprint density at radius 3 is 0.800 bits per heavy atom. The Balaban J connectivity index is 0.000000154. The van der Waals surface area contributed by atoms with Gasteiger partial charge in [0.15, 0.2) is 0 Å². The number of nitrogens with zero attached hydrogens (tertiary/aromatic N) is 2. The van der Waals surface area contributed by atoms with Gasteiger partial charge in [-0.2, -0.15) is 0 Å². The Kier molecular flexibility index (Phi) is 9.72. The Bertz CT molecular complexity index is 2100. The van der Waals surface area contributed by atoms with Crippen molar-refractivity contribution in [3.8, 4) is 0 Å². The summed E-state index contributed by atoms with van der Waals surface area (Å²) in [5.41, 5.74) is 7.86. The van der Waals surface area contributed by atoms with E-state index in [9.17, 15) is 0 Å². The van der Waals surface area contributed by atoms with E-state index in [-0.39, 0.29) is 12.4 Å². The third-order valence-corrected chi connectivity index (χ3v) is 13.9. The molecule has 4 aromatic carbocycles. The molecule has 7 aromatic rings. The number of fused-ring (bicyclic) bond motifs is 8. The molecule has 0 spiro atoms.